The Morgan fingerprint density at radius 1 is 1.28 bits per heavy atom. The van der Waals surface area contributed by atoms with Gasteiger partial charge in [0, 0.05) is 37.0 Å². The molecule has 0 aromatic carbocycles. The largest absolute Gasteiger partial charge is 0.480 e. The lowest BCUT2D eigenvalue weighted by molar-refractivity contribution is -0.136. The van der Waals surface area contributed by atoms with Crippen LogP contribution >= 0.6 is 0 Å². The Bertz CT molecular complexity index is 340. The van der Waals surface area contributed by atoms with Gasteiger partial charge >= 0.3 is 5.97 Å². The van der Waals surface area contributed by atoms with E-state index < -0.39 is 22.0 Å². The van der Waals surface area contributed by atoms with E-state index in [1.165, 1.54) is 0 Å². The standard InChI is InChI=1S/C11H20N2O4S/c1-3-9(11(15)16)18(17)8-10(14)13-6-4-12(2)5-7-13/h9H,3-8H2,1-2H3,(H,15,16). The molecule has 1 aliphatic rings. The summed E-state index contributed by atoms with van der Waals surface area (Å²) >= 11 is 0. The smallest absolute Gasteiger partial charge is 0.319 e. The van der Waals surface area contributed by atoms with Crippen molar-refractivity contribution in [2.75, 3.05) is 39.0 Å². The second kappa shape index (κ2) is 6.84. The van der Waals surface area contributed by atoms with Crippen LogP contribution in [-0.2, 0) is 20.4 Å². The quantitative estimate of drug-likeness (QED) is 0.723. The van der Waals surface area contributed by atoms with Gasteiger partial charge in [-0.05, 0) is 13.5 Å². The molecule has 1 rings (SSSR count). The van der Waals surface area contributed by atoms with E-state index >= 15 is 0 Å². The molecule has 0 spiro atoms. The molecule has 0 aromatic heterocycles. The molecule has 1 heterocycles. The molecule has 18 heavy (non-hydrogen) atoms. The normalized spacial score (nSPS) is 20.4. The number of amides is 1. The van der Waals surface area contributed by atoms with E-state index in [0.29, 0.717) is 13.1 Å². The molecule has 0 radical (unpaired) electrons. The Balaban J connectivity index is 2.49. The Morgan fingerprint density at radius 3 is 2.28 bits per heavy atom. The van der Waals surface area contributed by atoms with Crippen molar-refractivity contribution < 1.29 is 18.9 Å². The maximum absolute atomic E-state index is 11.9. The second-order valence-electron chi connectivity index (χ2n) is 4.44. The summed E-state index contributed by atoms with van der Waals surface area (Å²) in [7, 11) is 0.351. The third-order valence-electron chi connectivity index (χ3n) is 3.09. The van der Waals surface area contributed by atoms with Gasteiger partial charge in [0.25, 0.3) is 0 Å². The van der Waals surface area contributed by atoms with E-state index in [-0.39, 0.29) is 18.1 Å². The maximum atomic E-state index is 11.9. The van der Waals surface area contributed by atoms with Crippen LogP contribution in [0, 0.1) is 0 Å². The minimum atomic E-state index is -1.63. The monoisotopic (exact) mass is 276 g/mol. The fourth-order valence-electron chi connectivity index (χ4n) is 1.84. The summed E-state index contributed by atoms with van der Waals surface area (Å²) in [6.45, 7) is 4.51. The summed E-state index contributed by atoms with van der Waals surface area (Å²) in [4.78, 5) is 26.5. The van der Waals surface area contributed by atoms with Gasteiger partial charge in [-0.15, -0.1) is 0 Å². The number of carboxylic acids is 1. The molecule has 0 aromatic rings. The summed E-state index contributed by atoms with van der Waals surface area (Å²) in [5, 5.41) is 7.93. The van der Waals surface area contributed by atoms with Crippen LogP contribution in [0.1, 0.15) is 13.3 Å². The number of carboxylic acid groups (broad SMARTS) is 1. The van der Waals surface area contributed by atoms with Crippen molar-refractivity contribution >= 4 is 22.7 Å². The SMILES string of the molecule is CCC(C(=O)O)S(=O)CC(=O)N1CCN(C)CC1. The highest BCUT2D eigenvalue weighted by Gasteiger charge is 2.27. The molecule has 6 nitrogen and oxygen atoms in total. The zero-order valence-corrected chi connectivity index (χ0v) is 11.6. The van der Waals surface area contributed by atoms with Crippen LogP contribution in [0.5, 0.6) is 0 Å². The molecular formula is C11H20N2O4S. The number of aliphatic carboxylic acids is 1. The van der Waals surface area contributed by atoms with Crippen molar-refractivity contribution in [3.05, 3.63) is 0 Å². The molecule has 1 saturated heterocycles. The molecule has 0 aliphatic carbocycles. The van der Waals surface area contributed by atoms with Gasteiger partial charge in [-0.25, -0.2) is 0 Å². The first-order chi connectivity index (χ1) is 8.45. The van der Waals surface area contributed by atoms with Crippen LogP contribution in [-0.4, -0.2) is 75.2 Å². The van der Waals surface area contributed by atoms with Crippen LogP contribution in [0.2, 0.25) is 0 Å². The Morgan fingerprint density at radius 2 is 1.83 bits per heavy atom. The van der Waals surface area contributed by atoms with Gasteiger partial charge in [-0.1, -0.05) is 6.92 Å². The van der Waals surface area contributed by atoms with Crippen molar-refractivity contribution in [1.29, 1.82) is 0 Å². The zero-order valence-electron chi connectivity index (χ0n) is 10.8. The molecule has 1 fully saturated rings. The third-order valence-corrected chi connectivity index (χ3v) is 4.79. The number of carbonyl (C=O) groups excluding carboxylic acids is 1. The van der Waals surface area contributed by atoms with Gasteiger partial charge in [-0.2, -0.15) is 0 Å². The number of nitrogens with zero attached hydrogens (tertiary/aromatic N) is 2. The first kappa shape index (κ1) is 15.1. The highest BCUT2D eigenvalue weighted by Crippen LogP contribution is 2.06. The van der Waals surface area contributed by atoms with E-state index in [9.17, 15) is 13.8 Å². The van der Waals surface area contributed by atoms with Crippen molar-refractivity contribution in [1.82, 2.24) is 9.80 Å². The number of rotatable bonds is 5. The van der Waals surface area contributed by atoms with E-state index in [1.807, 2.05) is 7.05 Å². The van der Waals surface area contributed by atoms with Crippen LogP contribution in [0.25, 0.3) is 0 Å². The second-order valence-corrected chi connectivity index (χ2v) is 6.06. The summed E-state index contributed by atoms with van der Waals surface area (Å²) in [6, 6.07) is 0. The summed E-state index contributed by atoms with van der Waals surface area (Å²) in [5.74, 6) is -1.49. The van der Waals surface area contributed by atoms with Crippen LogP contribution in [0.15, 0.2) is 0 Å². The summed E-state index contributed by atoms with van der Waals surface area (Å²) < 4.78 is 11.8. The van der Waals surface area contributed by atoms with Gasteiger partial charge < -0.3 is 14.9 Å². The molecular weight excluding hydrogens is 256 g/mol. The summed E-state index contributed by atoms with van der Waals surface area (Å²) in [6.07, 6.45) is 0.276. The topological polar surface area (TPSA) is 77.9 Å². The average molecular weight is 276 g/mol. The maximum Gasteiger partial charge on any atom is 0.319 e. The Hall–Kier alpha value is -0.950. The molecule has 1 aliphatic heterocycles. The van der Waals surface area contributed by atoms with Crippen LogP contribution in [0.4, 0.5) is 0 Å². The fourth-order valence-corrected chi connectivity index (χ4v) is 3.07. The van der Waals surface area contributed by atoms with Gasteiger partial charge in [0.05, 0.1) is 0 Å². The minimum Gasteiger partial charge on any atom is -0.480 e. The fraction of sp³-hybridized carbons (Fsp3) is 0.818. The van der Waals surface area contributed by atoms with Gasteiger partial charge in [0.2, 0.25) is 5.91 Å². The van der Waals surface area contributed by atoms with E-state index in [4.69, 9.17) is 5.11 Å². The van der Waals surface area contributed by atoms with Crippen molar-refractivity contribution in [2.45, 2.75) is 18.6 Å². The van der Waals surface area contributed by atoms with Gasteiger partial charge in [0.15, 0.2) is 0 Å². The molecule has 7 heteroatoms. The molecule has 2 atom stereocenters. The van der Waals surface area contributed by atoms with Gasteiger partial charge in [-0.3, -0.25) is 13.8 Å². The first-order valence-electron chi connectivity index (χ1n) is 6.02. The summed E-state index contributed by atoms with van der Waals surface area (Å²) in [5.41, 5.74) is 0. The Labute approximate surface area is 109 Å². The lowest BCUT2D eigenvalue weighted by Crippen LogP contribution is -2.49. The Kier molecular flexibility index (Phi) is 5.74. The van der Waals surface area contributed by atoms with Crippen molar-refractivity contribution in [3.8, 4) is 0 Å². The highest BCUT2D eigenvalue weighted by molar-refractivity contribution is 7.87. The lowest BCUT2D eigenvalue weighted by atomic mass is 10.3. The van der Waals surface area contributed by atoms with E-state index in [1.54, 1.807) is 11.8 Å². The molecule has 0 bridgehead atoms. The molecule has 1 N–H and O–H groups in total. The molecule has 104 valence electrons. The van der Waals surface area contributed by atoms with Crippen LogP contribution in [0.3, 0.4) is 0 Å². The van der Waals surface area contributed by atoms with Gasteiger partial charge in [0.1, 0.15) is 11.0 Å². The minimum absolute atomic E-state index is 0.186. The van der Waals surface area contributed by atoms with E-state index in [0.717, 1.165) is 13.1 Å². The number of carbonyl (C=O) groups is 2. The number of piperazine rings is 1. The first-order valence-corrected chi connectivity index (χ1v) is 7.40. The van der Waals surface area contributed by atoms with E-state index in [2.05, 4.69) is 4.90 Å². The number of hydrogen-bond acceptors (Lipinski definition) is 4. The highest BCUT2D eigenvalue weighted by atomic mass is 32.2. The molecule has 1 amide bonds. The predicted molar refractivity (Wildman–Crippen MR) is 68.8 cm³/mol. The van der Waals surface area contributed by atoms with Crippen LogP contribution < -0.4 is 0 Å². The lowest BCUT2D eigenvalue weighted by Gasteiger charge is -2.32. The average Bonchev–Trinajstić information content (AvgIpc) is 2.29. The predicted octanol–water partition coefficient (Wildman–Crippen LogP) is -0.628. The zero-order chi connectivity index (χ0) is 13.7. The molecule has 2 unspecified atom stereocenters. The van der Waals surface area contributed by atoms with Crippen molar-refractivity contribution in [2.24, 2.45) is 0 Å². The third kappa shape index (κ3) is 4.06. The van der Waals surface area contributed by atoms with Crippen molar-refractivity contribution in [3.63, 3.8) is 0 Å². The molecule has 0 saturated carbocycles. The number of hydrogen-bond donors (Lipinski definition) is 1. The number of likely N-dealkylation sites (N-methyl/N-ethyl adjacent to an activating group) is 1.